The standard InChI is InChI=1S/C10H20N2OS/c1-12(9-2-5-14-6-9)7-10(11)3-4-13-8-10/h9H,2-8,11H2,1H3. The molecule has 2 saturated heterocycles. The Morgan fingerprint density at radius 2 is 2.50 bits per heavy atom. The normalized spacial score (nSPS) is 38.4. The second-order valence-electron chi connectivity index (χ2n) is 4.60. The Balaban J connectivity index is 1.83. The second-order valence-corrected chi connectivity index (χ2v) is 5.75. The molecule has 0 radical (unpaired) electrons. The highest BCUT2D eigenvalue weighted by Crippen LogP contribution is 2.24. The summed E-state index contributed by atoms with van der Waals surface area (Å²) in [4.78, 5) is 2.43. The van der Waals surface area contributed by atoms with Gasteiger partial charge in [-0.25, -0.2) is 0 Å². The Morgan fingerprint density at radius 3 is 3.07 bits per heavy atom. The highest BCUT2D eigenvalue weighted by Gasteiger charge is 2.33. The first kappa shape index (κ1) is 10.7. The third-order valence-electron chi connectivity index (χ3n) is 3.23. The van der Waals surface area contributed by atoms with Crippen LogP contribution in [0.2, 0.25) is 0 Å². The molecule has 2 N–H and O–H groups in total. The van der Waals surface area contributed by atoms with Crippen LogP contribution in [0.25, 0.3) is 0 Å². The molecular weight excluding hydrogens is 196 g/mol. The zero-order chi connectivity index (χ0) is 10.0. The maximum atomic E-state index is 6.25. The van der Waals surface area contributed by atoms with Crippen molar-refractivity contribution in [3.8, 4) is 0 Å². The maximum Gasteiger partial charge on any atom is 0.0659 e. The van der Waals surface area contributed by atoms with E-state index in [9.17, 15) is 0 Å². The molecule has 0 aromatic rings. The van der Waals surface area contributed by atoms with Crippen molar-refractivity contribution < 1.29 is 4.74 Å². The molecule has 14 heavy (non-hydrogen) atoms. The molecule has 2 rings (SSSR count). The molecule has 0 aromatic carbocycles. The predicted octanol–water partition coefficient (Wildman–Crippen LogP) is 0.542. The van der Waals surface area contributed by atoms with Crippen LogP contribution in [0.5, 0.6) is 0 Å². The summed E-state index contributed by atoms with van der Waals surface area (Å²) in [5.74, 6) is 2.58. The zero-order valence-corrected chi connectivity index (χ0v) is 9.68. The van der Waals surface area contributed by atoms with Crippen molar-refractivity contribution in [2.75, 3.05) is 38.3 Å². The van der Waals surface area contributed by atoms with E-state index in [-0.39, 0.29) is 5.54 Å². The van der Waals surface area contributed by atoms with Crippen molar-refractivity contribution in [1.29, 1.82) is 0 Å². The van der Waals surface area contributed by atoms with Crippen molar-refractivity contribution in [2.45, 2.75) is 24.4 Å². The molecule has 2 atom stereocenters. The molecule has 2 fully saturated rings. The maximum absolute atomic E-state index is 6.25. The molecular formula is C10H20N2OS. The molecule has 2 aliphatic rings. The summed E-state index contributed by atoms with van der Waals surface area (Å²) in [6, 6.07) is 0.737. The fraction of sp³-hybridized carbons (Fsp3) is 1.00. The molecule has 4 heteroatoms. The first-order chi connectivity index (χ1) is 6.70. The van der Waals surface area contributed by atoms with E-state index in [1.54, 1.807) is 0 Å². The molecule has 82 valence electrons. The lowest BCUT2D eigenvalue weighted by molar-refractivity contribution is 0.150. The molecule has 0 saturated carbocycles. The van der Waals surface area contributed by atoms with E-state index in [4.69, 9.17) is 10.5 Å². The van der Waals surface area contributed by atoms with Gasteiger partial charge in [-0.15, -0.1) is 0 Å². The zero-order valence-electron chi connectivity index (χ0n) is 8.87. The molecule has 0 aliphatic carbocycles. The van der Waals surface area contributed by atoms with Crippen LogP contribution in [0, 0.1) is 0 Å². The molecule has 2 heterocycles. The van der Waals surface area contributed by atoms with Gasteiger partial charge < -0.3 is 15.4 Å². The number of likely N-dealkylation sites (N-methyl/N-ethyl adjacent to an activating group) is 1. The van der Waals surface area contributed by atoms with Crippen molar-refractivity contribution in [3.05, 3.63) is 0 Å². The Bertz CT molecular complexity index is 189. The molecule has 2 unspecified atom stereocenters. The number of hydrogen-bond donors (Lipinski definition) is 1. The lowest BCUT2D eigenvalue weighted by Crippen LogP contribution is -2.52. The second kappa shape index (κ2) is 4.39. The first-order valence-corrected chi connectivity index (χ1v) is 6.50. The summed E-state index contributed by atoms with van der Waals surface area (Å²) in [5, 5.41) is 0. The minimum Gasteiger partial charge on any atom is -0.379 e. The van der Waals surface area contributed by atoms with Gasteiger partial charge in [-0.2, -0.15) is 11.8 Å². The quantitative estimate of drug-likeness (QED) is 0.747. The number of ether oxygens (including phenoxy) is 1. The van der Waals surface area contributed by atoms with Crippen LogP contribution in [0.1, 0.15) is 12.8 Å². The average molecular weight is 216 g/mol. The van der Waals surface area contributed by atoms with Crippen molar-refractivity contribution >= 4 is 11.8 Å². The smallest absolute Gasteiger partial charge is 0.0659 e. The minimum absolute atomic E-state index is 0.0813. The van der Waals surface area contributed by atoms with Crippen LogP contribution in [0.15, 0.2) is 0 Å². The van der Waals surface area contributed by atoms with Crippen LogP contribution in [0.3, 0.4) is 0 Å². The number of nitrogens with two attached hydrogens (primary N) is 1. The average Bonchev–Trinajstić information content (AvgIpc) is 2.74. The number of hydrogen-bond acceptors (Lipinski definition) is 4. The van der Waals surface area contributed by atoms with Crippen molar-refractivity contribution in [1.82, 2.24) is 4.90 Å². The van der Waals surface area contributed by atoms with E-state index >= 15 is 0 Å². The van der Waals surface area contributed by atoms with Gasteiger partial charge in [0, 0.05) is 24.9 Å². The third kappa shape index (κ3) is 2.42. The van der Waals surface area contributed by atoms with Gasteiger partial charge in [0.15, 0.2) is 0 Å². The Hall–Kier alpha value is 0.230. The number of rotatable bonds is 3. The van der Waals surface area contributed by atoms with Crippen LogP contribution in [0.4, 0.5) is 0 Å². The summed E-state index contributed by atoms with van der Waals surface area (Å²) in [6.45, 7) is 2.55. The molecule has 0 amide bonds. The van der Waals surface area contributed by atoms with Crippen LogP contribution < -0.4 is 5.73 Å². The van der Waals surface area contributed by atoms with Gasteiger partial charge in [0.25, 0.3) is 0 Å². The van der Waals surface area contributed by atoms with Crippen LogP contribution >= 0.6 is 11.8 Å². The summed E-state index contributed by atoms with van der Waals surface area (Å²) in [5.41, 5.74) is 6.17. The highest BCUT2D eigenvalue weighted by atomic mass is 32.2. The van der Waals surface area contributed by atoms with Gasteiger partial charge in [-0.1, -0.05) is 0 Å². The fourth-order valence-electron chi connectivity index (χ4n) is 2.24. The lowest BCUT2D eigenvalue weighted by atomic mass is 9.99. The van der Waals surface area contributed by atoms with E-state index < -0.39 is 0 Å². The SMILES string of the molecule is CN(CC1(N)CCOC1)C1CCSC1. The molecule has 2 aliphatic heterocycles. The molecule has 0 aromatic heterocycles. The Labute approximate surface area is 90.3 Å². The van der Waals surface area contributed by atoms with Crippen molar-refractivity contribution in [2.24, 2.45) is 5.73 Å². The van der Waals surface area contributed by atoms with Crippen LogP contribution in [-0.2, 0) is 4.74 Å². The largest absolute Gasteiger partial charge is 0.379 e. The molecule has 0 spiro atoms. The van der Waals surface area contributed by atoms with Gasteiger partial charge in [-0.05, 0) is 25.6 Å². The highest BCUT2D eigenvalue weighted by molar-refractivity contribution is 7.99. The summed E-state index contributed by atoms with van der Waals surface area (Å²) >= 11 is 2.05. The third-order valence-corrected chi connectivity index (χ3v) is 4.37. The summed E-state index contributed by atoms with van der Waals surface area (Å²) < 4.78 is 5.37. The monoisotopic (exact) mass is 216 g/mol. The van der Waals surface area contributed by atoms with Gasteiger partial charge in [-0.3, -0.25) is 0 Å². The van der Waals surface area contributed by atoms with Crippen molar-refractivity contribution in [3.63, 3.8) is 0 Å². The summed E-state index contributed by atoms with van der Waals surface area (Å²) in [6.07, 6.45) is 2.33. The van der Waals surface area contributed by atoms with E-state index in [1.807, 2.05) is 0 Å². The van der Waals surface area contributed by atoms with Gasteiger partial charge in [0.1, 0.15) is 0 Å². The van der Waals surface area contributed by atoms with E-state index in [0.717, 1.165) is 32.2 Å². The Morgan fingerprint density at radius 1 is 1.64 bits per heavy atom. The van der Waals surface area contributed by atoms with E-state index in [1.165, 1.54) is 17.9 Å². The lowest BCUT2D eigenvalue weighted by Gasteiger charge is -2.32. The molecule has 0 bridgehead atoms. The van der Waals surface area contributed by atoms with E-state index in [2.05, 4.69) is 23.7 Å². The topological polar surface area (TPSA) is 38.5 Å². The first-order valence-electron chi connectivity index (χ1n) is 5.34. The minimum atomic E-state index is -0.0813. The number of thioether (sulfide) groups is 1. The fourth-order valence-corrected chi connectivity index (χ4v) is 3.54. The number of nitrogens with zero attached hydrogens (tertiary/aromatic N) is 1. The van der Waals surface area contributed by atoms with Gasteiger partial charge >= 0.3 is 0 Å². The summed E-state index contributed by atoms with van der Waals surface area (Å²) in [7, 11) is 2.20. The van der Waals surface area contributed by atoms with Gasteiger partial charge in [0.05, 0.1) is 12.1 Å². The predicted molar refractivity (Wildman–Crippen MR) is 60.7 cm³/mol. The molecule has 3 nitrogen and oxygen atoms in total. The van der Waals surface area contributed by atoms with E-state index in [0.29, 0.717) is 0 Å². The Kier molecular flexibility index (Phi) is 3.37. The van der Waals surface area contributed by atoms with Crippen LogP contribution in [-0.4, -0.2) is 54.8 Å². The van der Waals surface area contributed by atoms with Gasteiger partial charge in [0.2, 0.25) is 0 Å².